The Morgan fingerprint density at radius 1 is 1.45 bits per heavy atom. The molecular weight excluding hydrogens is 285 g/mol. The molecule has 1 aliphatic rings. The fourth-order valence-corrected chi connectivity index (χ4v) is 3.14. The number of rotatable bonds is 4. The summed E-state index contributed by atoms with van der Waals surface area (Å²) in [6, 6.07) is 2.53. The monoisotopic (exact) mass is 309 g/mol. The molecule has 0 fully saturated rings. The summed E-state index contributed by atoms with van der Waals surface area (Å²) in [4.78, 5) is 13.7. The van der Waals surface area contributed by atoms with Crippen molar-refractivity contribution >= 4 is 5.97 Å². The Labute approximate surface area is 130 Å². The van der Waals surface area contributed by atoms with Gasteiger partial charge in [-0.3, -0.25) is 4.90 Å². The quantitative estimate of drug-likeness (QED) is 0.927. The lowest BCUT2D eigenvalue weighted by molar-refractivity contribution is 0.0419. The second-order valence-corrected chi connectivity index (χ2v) is 6.74. The number of hydrogen-bond acceptors (Lipinski definition) is 3. The van der Waals surface area contributed by atoms with Gasteiger partial charge in [0.15, 0.2) is 11.6 Å². The number of carbonyl (C=O) groups is 1. The van der Waals surface area contributed by atoms with Crippen LogP contribution in [0.15, 0.2) is 12.1 Å². The van der Waals surface area contributed by atoms with E-state index in [0.717, 1.165) is 19.0 Å². The van der Waals surface area contributed by atoms with Crippen LogP contribution in [-0.2, 0) is 6.42 Å². The van der Waals surface area contributed by atoms with Gasteiger partial charge in [0.25, 0.3) is 0 Å². The van der Waals surface area contributed by atoms with Crippen LogP contribution in [0.25, 0.3) is 0 Å². The van der Waals surface area contributed by atoms with Crippen molar-refractivity contribution in [1.82, 2.24) is 4.90 Å². The topological polar surface area (TPSA) is 49.8 Å². The van der Waals surface area contributed by atoms with Gasteiger partial charge < -0.3 is 9.84 Å². The van der Waals surface area contributed by atoms with Crippen LogP contribution in [0.2, 0.25) is 0 Å². The van der Waals surface area contributed by atoms with Crippen molar-refractivity contribution in [2.75, 3.05) is 13.2 Å². The Balaban J connectivity index is 2.37. The van der Waals surface area contributed by atoms with Gasteiger partial charge in [0.2, 0.25) is 0 Å². The van der Waals surface area contributed by atoms with E-state index in [1.807, 2.05) is 0 Å². The molecule has 0 amide bonds. The molecule has 0 spiro atoms. The number of aromatic carboxylic acids is 1. The zero-order valence-electron chi connectivity index (χ0n) is 13.6. The molecule has 5 heteroatoms. The highest BCUT2D eigenvalue weighted by atomic mass is 19.1. The van der Waals surface area contributed by atoms with Crippen molar-refractivity contribution < 1.29 is 19.0 Å². The van der Waals surface area contributed by atoms with Crippen LogP contribution in [0.1, 0.15) is 50.0 Å². The average Bonchev–Trinajstić information content (AvgIpc) is 2.43. The SMILES string of the molecule is CCCN(C1COc2c(F)ccc(C(=O)O)c2C1)C(C)(C)C. The van der Waals surface area contributed by atoms with Crippen LogP contribution in [0, 0.1) is 5.82 Å². The molecule has 1 unspecified atom stereocenters. The van der Waals surface area contributed by atoms with Gasteiger partial charge in [-0.05, 0) is 52.3 Å². The number of nitrogens with zero attached hydrogens (tertiary/aromatic N) is 1. The van der Waals surface area contributed by atoms with E-state index in [4.69, 9.17) is 4.74 Å². The maximum Gasteiger partial charge on any atom is 0.336 e. The standard InChI is InChI=1S/C17H24FNO3/c1-5-8-19(17(2,3)4)11-9-13-12(16(20)21)6-7-14(18)15(13)22-10-11/h6-7,11H,5,8-10H2,1-4H3,(H,20,21). The van der Waals surface area contributed by atoms with E-state index >= 15 is 0 Å². The molecule has 0 aliphatic carbocycles. The Kier molecular flexibility index (Phi) is 4.75. The summed E-state index contributed by atoms with van der Waals surface area (Å²) in [5.74, 6) is -1.43. The van der Waals surface area contributed by atoms with Crippen LogP contribution in [0.4, 0.5) is 4.39 Å². The molecular formula is C17H24FNO3. The first-order valence-electron chi connectivity index (χ1n) is 7.70. The summed E-state index contributed by atoms with van der Waals surface area (Å²) in [6.07, 6.45) is 1.49. The highest BCUT2D eigenvalue weighted by molar-refractivity contribution is 5.90. The summed E-state index contributed by atoms with van der Waals surface area (Å²) in [5.41, 5.74) is 0.540. The lowest BCUT2D eigenvalue weighted by Crippen LogP contribution is -2.53. The Morgan fingerprint density at radius 2 is 2.14 bits per heavy atom. The molecule has 4 nitrogen and oxygen atoms in total. The minimum atomic E-state index is -1.04. The zero-order valence-corrected chi connectivity index (χ0v) is 13.6. The van der Waals surface area contributed by atoms with Crippen molar-refractivity contribution in [1.29, 1.82) is 0 Å². The minimum Gasteiger partial charge on any atom is -0.489 e. The van der Waals surface area contributed by atoms with Crippen LogP contribution in [0.5, 0.6) is 5.75 Å². The molecule has 1 N–H and O–H groups in total. The van der Waals surface area contributed by atoms with Gasteiger partial charge >= 0.3 is 5.97 Å². The molecule has 0 saturated heterocycles. The lowest BCUT2D eigenvalue weighted by Gasteiger charge is -2.43. The smallest absolute Gasteiger partial charge is 0.336 e. The molecule has 1 aromatic carbocycles. The third kappa shape index (κ3) is 3.24. The zero-order chi connectivity index (χ0) is 16.5. The van der Waals surface area contributed by atoms with Crippen LogP contribution < -0.4 is 4.74 Å². The van der Waals surface area contributed by atoms with E-state index < -0.39 is 11.8 Å². The second kappa shape index (κ2) is 6.24. The summed E-state index contributed by atoms with van der Waals surface area (Å²) in [6.45, 7) is 9.76. The molecule has 2 rings (SSSR count). The molecule has 1 heterocycles. The van der Waals surface area contributed by atoms with E-state index in [2.05, 4.69) is 32.6 Å². The van der Waals surface area contributed by atoms with E-state index in [-0.39, 0.29) is 22.9 Å². The van der Waals surface area contributed by atoms with Crippen LogP contribution >= 0.6 is 0 Å². The number of carboxylic acids is 1. The van der Waals surface area contributed by atoms with Crippen molar-refractivity contribution in [3.8, 4) is 5.75 Å². The predicted octanol–water partition coefficient (Wildman–Crippen LogP) is 3.34. The Hall–Kier alpha value is -1.62. The van der Waals surface area contributed by atoms with E-state index in [1.54, 1.807) is 0 Å². The second-order valence-electron chi connectivity index (χ2n) is 6.74. The first-order valence-corrected chi connectivity index (χ1v) is 7.70. The molecule has 0 saturated carbocycles. The number of hydrogen-bond donors (Lipinski definition) is 1. The van der Waals surface area contributed by atoms with Gasteiger partial charge in [-0.15, -0.1) is 0 Å². The lowest BCUT2D eigenvalue weighted by atomic mass is 9.93. The van der Waals surface area contributed by atoms with Crippen molar-refractivity contribution in [3.63, 3.8) is 0 Å². The van der Waals surface area contributed by atoms with E-state index in [1.165, 1.54) is 6.07 Å². The van der Waals surface area contributed by atoms with Crippen LogP contribution in [0.3, 0.4) is 0 Å². The molecule has 1 aliphatic heterocycles. The molecule has 1 atom stereocenters. The van der Waals surface area contributed by atoms with Gasteiger partial charge in [0.1, 0.15) is 6.61 Å². The normalized spacial score (nSPS) is 18.0. The Morgan fingerprint density at radius 3 is 2.68 bits per heavy atom. The maximum atomic E-state index is 13.9. The first-order chi connectivity index (χ1) is 10.3. The third-order valence-electron chi connectivity index (χ3n) is 4.07. The third-order valence-corrected chi connectivity index (χ3v) is 4.07. The van der Waals surface area contributed by atoms with Crippen molar-refractivity contribution in [2.45, 2.75) is 52.1 Å². The van der Waals surface area contributed by atoms with Gasteiger partial charge in [0, 0.05) is 17.1 Å². The molecule has 1 aromatic rings. The van der Waals surface area contributed by atoms with E-state index in [0.29, 0.717) is 18.6 Å². The van der Waals surface area contributed by atoms with Crippen LogP contribution in [-0.4, -0.2) is 40.7 Å². The molecule has 0 aromatic heterocycles. The number of carboxylic acid groups (broad SMARTS) is 1. The Bertz CT molecular complexity index is 566. The molecule has 0 bridgehead atoms. The fourth-order valence-electron chi connectivity index (χ4n) is 3.14. The number of benzene rings is 1. The van der Waals surface area contributed by atoms with Crippen molar-refractivity contribution in [2.24, 2.45) is 0 Å². The summed E-state index contributed by atoms with van der Waals surface area (Å²) in [5, 5.41) is 9.33. The molecule has 122 valence electrons. The maximum absolute atomic E-state index is 13.9. The fraction of sp³-hybridized carbons (Fsp3) is 0.588. The largest absolute Gasteiger partial charge is 0.489 e. The number of ether oxygens (including phenoxy) is 1. The van der Waals surface area contributed by atoms with Gasteiger partial charge in [-0.2, -0.15) is 0 Å². The van der Waals surface area contributed by atoms with Gasteiger partial charge in [-0.25, -0.2) is 9.18 Å². The highest BCUT2D eigenvalue weighted by Gasteiger charge is 2.34. The van der Waals surface area contributed by atoms with Gasteiger partial charge in [-0.1, -0.05) is 6.92 Å². The minimum absolute atomic E-state index is 0.0485. The summed E-state index contributed by atoms with van der Waals surface area (Å²) >= 11 is 0. The van der Waals surface area contributed by atoms with E-state index in [9.17, 15) is 14.3 Å². The average molecular weight is 309 g/mol. The van der Waals surface area contributed by atoms with Gasteiger partial charge in [0.05, 0.1) is 5.56 Å². The number of fused-ring (bicyclic) bond motifs is 1. The number of halogens is 1. The first kappa shape index (κ1) is 16.7. The summed E-state index contributed by atoms with van der Waals surface area (Å²) in [7, 11) is 0. The van der Waals surface area contributed by atoms with Crippen molar-refractivity contribution in [3.05, 3.63) is 29.1 Å². The highest BCUT2D eigenvalue weighted by Crippen LogP contribution is 2.34. The molecule has 22 heavy (non-hydrogen) atoms. The predicted molar refractivity (Wildman–Crippen MR) is 83.1 cm³/mol. The summed E-state index contributed by atoms with van der Waals surface area (Å²) < 4.78 is 19.5. The molecule has 0 radical (unpaired) electrons.